The summed E-state index contributed by atoms with van der Waals surface area (Å²) in [6, 6.07) is 16.3. The molecule has 0 aliphatic carbocycles. The Hall–Kier alpha value is -3.59. The van der Waals surface area contributed by atoms with Crippen molar-refractivity contribution >= 4 is 17.4 Å². The Morgan fingerprint density at radius 2 is 1.86 bits per heavy atom. The third kappa shape index (κ3) is 5.57. The Morgan fingerprint density at radius 3 is 2.54 bits per heavy atom. The number of aromatic nitrogens is 1. The Kier molecular flexibility index (Phi) is 7.25. The normalized spacial score (nSPS) is 13.9. The fourth-order valence-electron chi connectivity index (χ4n) is 4.19. The highest BCUT2D eigenvalue weighted by atomic mass is 19.4. The molecular formula is C26H27F3N4O2. The van der Waals surface area contributed by atoms with Crippen LogP contribution in [-0.4, -0.2) is 47.3 Å². The highest BCUT2D eigenvalue weighted by molar-refractivity contribution is 5.77. The van der Waals surface area contributed by atoms with Crippen molar-refractivity contribution in [2.24, 2.45) is 0 Å². The van der Waals surface area contributed by atoms with Crippen molar-refractivity contribution in [3.8, 4) is 11.3 Å². The molecule has 2 N–H and O–H groups in total. The van der Waals surface area contributed by atoms with Crippen LogP contribution in [0.25, 0.3) is 11.3 Å². The summed E-state index contributed by atoms with van der Waals surface area (Å²) in [6.45, 7) is 3.53. The molecule has 35 heavy (non-hydrogen) atoms. The van der Waals surface area contributed by atoms with Crippen LogP contribution in [0.2, 0.25) is 0 Å². The third-order valence-electron chi connectivity index (χ3n) is 5.92. The van der Waals surface area contributed by atoms with E-state index in [4.69, 9.17) is 0 Å². The number of amides is 2. The van der Waals surface area contributed by atoms with E-state index >= 15 is 0 Å². The lowest BCUT2D eigenvalue weighted by molar-refractivity contribution is -0.137. The highest BCUT2D eigenvalue weighted by Crippen LogP contribution is 2.36. The molecule has 0 spiro atoms. The van der Waals surface area contributed by atoms with Gasteiger partial charge in [-0.05, 0) is 61.0 Å². The smallest absolute Gasteiger partial charge is 0.396 e. The molecule has 1 aromatic heterocycles. The standard InChI is InChI=1S/C26H27F3N4O2/c1-2-30-25(35)32-13-14-33(22-9-7-20(8-10-22)26(27,28)29)24-11-6-18(16-19(24)17-32)23-5-3-4-21(31-23)12-15-34/h3-11,16,34H,2,12-15,17H2,1H3,(H,30,35). The van der Waals surface area contributed by atoms with Gasteiger partial charge in [-0.3, -0.25) is 4.98 Å². The summed E-state index contributed by atoms with van der Waals surface area (Å²) in [5.41, 5.74) is 3.97. The van der Waals surface area contributed by atoms with Gasteiger partial charge in [-0.2, -0.15) is 13.2 Å². The van der Waals surface area contributed by atoms with Crippen molar-refractivity contribution in [3.05, 3.63) is 77.5 Å². The fraction of sp³-hybridized carbons (Fsp3) is 0.308. The lowest BCUT2D eigenvalue weighted by Gasteiger charge is -2.25. The molecule has 0 radical (unpaired) electrons. The van der Waals surface area contributed by atoms with Gasteiger partial charge in [-0.1, -0.05) is 12.1 Å². The summed E-state index contributed by atoms with van der Waals surface area (Å²) in [7, 11) is 0. The predicted octanol–water partition coefficient (Wildman–Crippen LogP) is 4.99. The number of carbonyl (C=O) groups excluding carboxylic acids is 1. The summed E-state index contributed by atoms with van der Waals surface area (Å²) in [5.74, 6) is 0. The molecule has 0 saturated heterocycles. The number of hydrogen-bond acceptors (Lipinski definition) is 4. The van der Waals surface area contributed by atoms with Crippen LogP contribution in [0, 0.1) is 0 Å². The predicted molar refractivity (Wildman–Crippen MR) is 128 cm³/mol. The summed E-state index contributed by atoms with van der Waals surface area (Å²) < 4.78 is 39.2. The van der Waals surface area contributed by atoms with Gasteiger partial charge in [0.15, 0.2) is 0 Å². The number of alkyl halides is 3. The number of hydrogen-bond donors (Lipinski definition) is 2. The topological polar surface area (TPSA) is 68.7 Å². The molecule has 6 nitrogen and oxygen atoms in total. The zero-order chi connectivity index (χ0) is 25.0. The molecule has 0 unspecified atom stereocenters. The van der Waals surface area contributed by atoms with E-state index in [2.05, 4.69) is 10.3 Å². The molecule has 0 fully saturated rings. The first-order valence-electron chi connectivity index (χ1n) is 11.5. The average molecular weight is 485 g/mol. The number of halogens is 3. The van der Waals surface area contributed by atoms with Crippen LogP contribution in [-0.2, 0) is 19.1 Å². The number of urea groups is 1. The van der Waals surface area contributed by atoms with Crippen LogP contribution in [0.4, 0.5) is 29.3 Å². The van der Waals surface area contributed by atoms with E-state index in [1.165, 1.54) is 12.1 Å². The van der Waals surface area contributed by atoms with Crippen LogP contribution in [0.15, 0.2) is 60.7 Å². The first-order chi connectivity index (χ1) is 16.8. The molecule has 2 aromatic carbocycles. The van der Waals surface area contributed by atoms with E-state index < -0.39 is 11.7 Å². The van der Waals surface area contributed by atoms with Gasteiger partial charge in [0.1, 0.15) is 0 Å². The number of nitrogens with zero attached hydrogens (tertiary/aromatic N) is 3. The van der Waals surface area contributed by atoms with E-state index in [0.29, 0.717) is 38.3 Å². The van der Waals surface area contributed by atoms with Crippen LogP contribution in [0.3, 0.4) is 0 Å². The third-order valence-corrected chi connectivity index (χ3v) is 5.92. The van der Waals surface area contributed by atoms with E-state index in [1.807, 2.05) is 48.2 Å². The van der Waals surface area contributed by atoms with Gasteiger partial charge in [0.25, 0.3) is 0 Å². The highest BCUT2D eigenvalue weighted by Gasteiger charge is 2.31. The zero-order valence-electron chi connectivity index (χ0n) is 19.3. The number of carbonyl (C=O) groups is 1. The molecule has 1 aliphatic heterocycles. The van der Waals surface area contributed by atoms with Gasteiger partial charge in [-0.15, -0.1) is 0 Å². The molecule has 0 saturated carbocycles. The average Bonchev–Trinajstić information content (AvgIpc) is 3.03. The van der Waals surface area contributed by atoms with Crippen molar-refractivity contribution in [3.63, 3.8) is 0 Å². The first-order valence-corrected chi connectivity index (χ1v) is 11.5. The number of anilines is 2. The van der Waals surface area contributed by atoms with Crippen LogP contribution < -0.4 is 10.2 Å². The minimum atomic E-state index is -4.41. The van der Waals surface area contributed by atoms with E-state index in [9.17, 15) is 23.1 Å². The molecular weight excluding hydrogens is 457 g/mol. The maximum absolute atomic E-state index is 13.1. The Balaban J connectivity index is 1.74. The molecule has 0 bridgehead atoms. The summed E-state index contributed by atoms with van der Waals surface area (Å²) in [6.07, 6.45) is -3.96. The second kappa shape index (κ2) is 10.4. The summed E-state index contributed by atoms with van der Waals surface area (Å²) in [4.78, 5) is 20.9. The number of aliphatic hydroxyl groups is 1. The monoisotopic (exact) mass is 484 g/mol. The molecule has 184 valence electrons. The van der Waals surface area contributed by atoms with Gasteiger partial charge < -0.3 is 20.2 Å². The molecule has 1 aliphatic rings. The van der Waals surface area contributed by atoms with Crippen LogP contribution in [0.1, 0.15) is 23.7 Å². The molecule has 4 rings (SSSR count). The number of aliphatic hydroxyl groups excluding tert-OH is 1. The number of fused-ring (bicyclic) bond motifs is 1. The minimum absolute atomic E-state index is 0.00420. The van der Waals surface area contributed by atoms with Crippen molar-refractivity contribution in [1.82, 2.24) is 15.2 Å². The zero-order valence-corrected chi connectivity index (χ0v) is 19.3. The Morgan fingerprint density at radius 1 is 1.09 bits per heavy atom. The van der Waals surface area contributed by atoms with Gasteiger partial charge in [-0.25, -0.2) is 4.79 Å². The maximum atomic E-state index is 13.1. The number of pyridine rings is 1. The summed E-state index contributed by atoms with van der Waals surface area (Å²) in [5, 5.41) is 12.1. The van der Waals surface area contributed by atoms with E-state index in [1.54, 1.807) is 4.90 Å². The second-order valence-corrected chi connectivity index (χ2v) is 8.28. The Labute approximate surface area is 202 Å². The quantitative estimate of drug-likeness (QED) is 0.536. The molecule has 2 heterocycles. The van der Waals surface area contributed by atoms with Crippen molar-refractivity contribution in [2.45, 2.75) is 26.1 Å². The summed E-state index contributed by atoms with van der Waals surface area (Å²) >= 11 is 0. The van der Waals surface area contributed by atoms with Crippen molar-refractivity contribution in [2.75, 3.05) is 31.1 Å². The van der Waals surface area contributed by atoms with Crippen molar-refractivity contribution < 1.29 is 23.1 Å². The molecule has 2 amide bonds. The second-order valence-electron chi connectivity index (χ2n) is 8.28. The lowest BCUT2D eigenvalue weighted by atomic mass is 10.0. The van der Waals surface area contributed by atoms with Crippen molar-refractivity contribution in [1.29, 1.82) is 0 Å². The van der Waals surface area contributed by atoms with Gasteiger partial charge in [0, 0.05) is 61.8 Å². The SMILES string of the molecule is CCNC(=O)N1CCN(c2ccc(C(F)(F)F)cc2)c2ccc(-c3cccc(CCO)n3)cc2C1. The van der Waals surface area contributed by atoms with Gasteiger partial charge in [0.05, 0.1) is 11.3 Å². The van der Waals surface area contributed by atoms with Crippen LogP contribution in [0.5, 0.6) is 0 Å². The van der Waals surface area contributed by atoms with Gasteiger partial charge in [0.2, 0.25) is 0 Å². The maximum Gasteiger partial charge on any atom is 0.416 e. The van der Waals surface area contributed by atoms with E-state index in [-0.39, 0.29) is 12.6 Å². The van der Waals surface area contributed by atoms with Crippen LogP contribution >= 0.6 is 0 Å². The molecule has 0 atom stereocenters. The molecule has 3 aromatic rings. The first kappa shape index (κ1) is 24.5. The fourth-order valence-corrected chi connectivity index (χ4v) is 4.19. The largest absolute Gasteiger partial charge is 0.416 e. The minimum Gasteiger partial charge on any atom is -0.396 e. The molecule has 9 heteroatoms. The number of benzene rings is 2. The number of rotatable bonds is 5. The lowest BCUT2D eigenvalue weighted by Crippen LogP contribution is -2.41. The van der Waals surface area contributed by atoms with E-state index in [0.717, 1.165) is 40.3 Å². The van der Waals surface area contributed by atoms with Gasteiger partial charge >= 0.3 is 12.2 Å². The Bertz CT molecular complexity index is 1180. The number of nitrogens with one attached hydrogen (secondary N) is 1.